The van der Waals surface area contributed by atoms with Crippen molar-refractivity contribution in [2.75, 3.05) is 13.2 Å². The smallest absolute Gasteiger partial charge is 0.309 e. The number of esters is 1. The van der Waals surface area contributed by atoms with Crippen LogP contribution < -0.4 is 5.32 Å². The van der Waals surface area contributed by atoms with Crippen LogP contribution in [0.15, 0.2) is 18.2 Å². The van der Waals surface area contributed by atoms with Gasteiger partial charge in [-0.3, -0.25) is 4.79 Å². The van der Waals surface area contributed by atoms with Gasteiger partial charge in [0, 0.05) is 6.54 Å². The van der Waals surface area contributed by atoms with E-state index in [1.807, 2.05) is 6.92 Å². The van der Waals surface area contributed by atoms with Gasteiger partial charge in [0.05, 0.1) is 12.5 Å². The van der Waals surface area contributed by atoms with E-state index < -0.39 is 0 Å². The van der Waals surface area contributed by atoms with E-state index in [2.05, 4.69) is 23.5 Å². The summed E-state index contributed by atoms with van der Waals surface area (Å²) < 4.78 is 5.08. The average Bonchev–Trinajstić information content (AvgIpc) is 3.19. The quantitative estimate of drug-likeness (QED) is 0.828. The van der Waals surface area contributed by atoms with Gasteiger partial charge in [-0.15, -0.1) is 0 Å². The molecule has 1 N–H and O–H groups in total. The van der Waals surface area contributed by atoms with Crippen molar-refractivity contribution in [2.24, 2.45) is 5.92 Å². The Balaban J connectivity index is 1.73. The molecular formula is C15H19NO2. The Hall–Kier alpha value is -1.35. The monoisotopic (exact) mass is 245 g/mol. The van der Waals surface area contributed by atoms with Crippen molar-refractivity contribution in [1.29, 1.82) is 0 Å². The van der Waals surface area contributed by atoms with Crippen LogP contribution >= 0.6 is 0 Å². The van der Waals surface area contributed by atoms with Gasteiger partial charge in [0.1, 0.15) is 0 Å². The number of benzene rings is 1. The molecule has 1 aliphatic heterocycles. The van der Waals surface area contributed by atoms with Crippen LogP contribution in [0.25, 0.3) is 0 Å². The molecule has 18 heavy (non-hydrogen) atoms. The van der Waals surface area contributed by atoms with Gasteiger partial charge in [-0.05, 0) is 48.9 Å². The van der Waals surface area contributed by atoms with Crippen molar-refractivity contribution in [1.82, 2.24) is 5.32 Å². The third kappa shape index (κ3) is 2.15. The molecule has 1 heterocycles. The van der Waals surface area contributed by atoms with Crippen LogP contribution in [-0.4, -0.2) is 19.1 Å². The van der Waals surface area contributed by atoms with Crippen LogP contribution in [0.5, 0.6) is 0 Å². The highest BCUT2D eigenvalue weighted by Gasteiger charge is 2.45. The lowest BCUT2D eigenvalue weighted by molar-refractivity contribution is -0.144. The van der Waals surface area contributed by atoms with E-state index in [0.29, 0.717) is 12.5 Å². The summed E-state index contributed by atoms with van der Waals surface area (Å²) in [5.41, 5.74) is 4.16. The molecule has 2 atom stereocenters. The summed E-state index contributed by atoms with van der Waals surface area (Å²) in [4.78, 5) is 11.6. The first kappa shape index (κ1) is 11.7. The largest absolute Gasteiger partial charge is 0.466 e. The SMILES string of the molecule is CCOC(=O)C1CC1c1ccc2c(c1)CCNC2. The Morgan fingerprint density at radius 3 is 3.17 bits per heavy atom. The van der Waals surface area contributed by atoms with Crippen LogP contribution in [0.2, 0.25) is 0 Å². The maximum atomic E-state index is 11.6. The third-order valence-electron chi connectivity index (χ3n) is 3.92. The minimum absolute atomic E-state index is 0.0260. The first-order valence-corrected chi connectivity index (χ1v) is 6.78. The molecule has 1 fully saturated rings. The highest BCUT2D eigenvalue weighted by Crippen LogP contribution is 2.48. The molecule has 0 amide bonds. The molecule has 2 unspecified atom stereocenters. The van der Waals surface area contributed by atoms with Crippen molar-refractivity contribution in [3.63, 3.8) is 0 Å². The standard InChI is InChI=1S/C15H19NO2/c1-2-18-15(17)14-8-13(14)11-3-4-12-9-16-6-5-10(12)7-11/h3-4,7,13-14,16H,2,5-6,8-9H2,1H3. The molecule has 0 radical (unpaired) electrons. The van der Waals surface area contributed by atoms with Crippen LogP contribution in [0.3, 0.4) is 0 Å². The number of hydrogen-bond acceptors (Lipinski definition) is 3. The average molecular weight is 245 g/mol. The second-order valence-corrected chi connectivity index (χ2v) is 5.16. The summed E-state index contributed by atoms with van der Waals surface area (Å²) in [5, 5.41) is 3.37. The summed E-state index contributed by atoms with van der Waals surface area (Å²) in [6, 6.07) is 6.67. The van der Waals surface area contributed by atoms with Crippen LogP contribution in [0, 0.1) is 5.92 Å². The normalized spacial score (nSPS) is 25.4. The van der Waals surface area contributed by atoms with Gasteiger partial charge in [-0.1, -0.05) is 18.2 Å². The van der Waals surface area contributed by atoms with Crippen LogP contribution in [0.1, 0.15) is 36.0 Å². The summed E-state index contributed by atoms with van der Waals surface area (Å²) in [6.07, 6.45) is 2.05. The molecular weight excluding hydrogens is 226 g/mol. The van der Waals surface area contributed by atoms with Crippen molar-refractivity contribution in [3.05, 3.63) is 34.9 Å². The Labute approximate surface area is 108 Å². The third-order valence-corrected chi connectivity index (χ3v) is 3.92. The molecule has 0 aromatic heterocycles. The van der Waals surface area contributed by atoms with Crippen molar-refractivity contribution in [3.8, 4) is 0 Å². The lowest BCUT2D eigenvalue weighted by Crippen LogP contribution is -2.23. The minimum Gasteiger partial charge on any atom is -0.466 e. The molecule has 1 saturated carbocycles. The molecule has 1 aromatic rings. The zero-order chi connectivity index (χ0) is 12.5. The van der Waals surface area contributed by atoms with Crippen molar-refractivity contribution < 1.29 is 9.53 Å². The van der Waals surface area contributed by atoms with E-state index in [9.17, 15) is 4.79 Å². The summed E-state index contributed by atoms with van der Waals surface area (Å²) in [6.45, 7) is 4.38. The van der Waals surface area contributed by atoms with E-state index in [1.165, 1.54) is 16.7 Å². The number of ether oxygens (including phenoxy) is 1. The zero-order valence-electron chi connectivity index (χ0n) is 10.7. The van der Waals surface area contributed by atoms with E-state index in [-0.39, 0.29) is 11.9 Å². The molecule has 1 aromatic carbocycles. The number of carbonyl (C=O) groups is 1. The predicted octanol–water partition coefficient (Wildman–Crippen LogP) is 2.00. The Morgan fingerprint density at radius 2 is 2.33 bits per heavy atom. The number of rotatable bonds is 3. The first-order valence-electron chi connectivity index (χ1n) is 6.78. The van der Waals surface area contributed by atoms with E-state index >= 15 is 0 Å². The fraction of sp³-hybridized carbons (Fsp3) is 0.533. The van der Waals surface area contributed by atoms with Crippen LogP contribution in [0.4, 0.5) is 0 Å². The number of carbonyl (C=O) groups excluding carboxylic acids is 1. The predicted molar refractivity (Wildman–Crippen MR) is 69.3 cm³/mol. The van der Waals surface area contributed by atoms with Gasteiger partial charge in [0.25, 0.3) is 0 Å². The van der Waals surface area contributed by atoms with E-state index in [1.54, 1.807) is 0 Å². The fourth-order valence-electron chi connectivity index (χ4n) is 2.80. The topological polar surface area (TPSA) is 38.3 Å². The fourth-order valence-corrected chi connectivity index (χ4v) is 2.80. The van der Waals surface area contributed by atoms with Crippen molar-refractivity contribution in [2.45, 2.75) is 32.2 Å². The van der Waals surface area contributed by atoms with Gasteiger partial charge in [0.15, 0.2) is 0 Å². The number of fused-ring (bicyclic) bond motifs is 1. The molecule has 3 nitrogen and oxygen atoms in total. The molecule has 1 aliphatic carbocycles. The van der Waals surface area contributed by atoms with Crippen LogP contribution in [-0.2, 0) is 22.5 Å². The Kier molecular flexibility index (Phi) is 3.08. The second-order valence-electron chi connectivity index (χ2n) is 5.16. The zero-order valence-corrected chi connectivity index (χ0v) is 10.7. The minimum atomic E-state index is -0.0260. The number of nitrogens with one attached hydrogen (secondary N) is 1. The summed E-state index contributed by atoms with van der Waals surface area (Å²) >= 11 is 0. The summed E-state index contributed by atoms with van der Waals surface area (Å²) in [7, 11) is 0. The summed E-state index contributed by atoms with van der Waals surface area (Å²) in [5.74, 6) is 0.468. The molecule has 0 saturated heterocycles. The Bertz CT molecular complexity index is 470. The Morgan fingerprint density at radius 1 is 1.44 bits per heavy atom. The van der Waals surface area contributed by atoms with Gasteiger partial charge < -0.3 is 10.1 Å². The van der Waals surface area contributed by atoms with Gasteiger partial charge in [0.2, 0.25) is 0 Å². The number of hydrogen-bond donors (Lipinski definition) is 1. The molecule has 2 aliphatic rings. The van der Waals surface area contributed by atoms with Gasteiger partial charge in [-0.2, -0.15) is 0 Å². The molecule has 0 spiro atoms. The molecule has 0 bridgehead atoms. The maximum Gasteiger partial charge on any atom is 0.309 e. The molecule has 3 rings (SSSR count). The highest BCUT2D eigenvalue weighted by atomic mass is 16.5. The lowest BCUT2D eigenvalue weighted by Gasteiger charge is -2.17. The first-order chi connectivity index (χ1) is 8.79. The van der Waals surface area contributed by atoms with Crippen molar-refractivity contribution >= 4 is 5.97 Å². The molecule has 96 valence electrons. The van der Waals surface area contributed by atoms with Gasteiger partial charge >= 0.3 is 5.97 Å². The second kappa shape index (κ2) is 4.73. The van der Waals surface area contributed by atoms with E-state index in [0.717, 1.165) is 25.9 Å². The van der Waals surface area contributed by atoms with Gasteiger partial charge in [-0.25, -0.2) is 0 Å². The molecule has 3 heteroatoms. The lowest BCUT2D eigenvalue weighted by atomic mass is 9.96. The maximum absolute atomic E-state index is 11.6. The highest BCUT2D eigenvalue weighted by molar-refractivity contribution is 5.77. The van der Waals surface area contributed by atoms with E-state index in [4.69, 9.17) is 4.74 Å².